The van der Waals surface area contributed by atoms with Crippen LogP contribution in [0.3, 0.4) is 0 Å². The fourth-order valence-corrected chi connectivity index (χ4v) is 4.49. The molecular formula is C12H18N2O3S2. The van der Waals surface area contributed by atoms with Gasteiger partial charge >= 0.3 is 0 Å². The number of nitrogens with zero attached hydrogens (tertiary/aromatic N) is 1. The van der Waals surface area contributed by atoms with E-state index in [-0.39, 0.29) is 11.7 Å². The van der Waals surface area contributed by atoms with E-state index < -0.39 is 10.0 Å². The van der Waals surface area contributed by atoms with Crippen LogP contribution in [0.4, 0.5) is 0 Å². The first-order valence-electron chi connectivity index (χ1n) is 6.23. The van der Waals surface area contributed by atoms with Gasteiger partial charge in [-0.1, -0.05) is 0 Å². The Hall–Kier alpha value is -0.920. The summed E-state index contributed by atoms with van der Waals surface area (Å²) >= 11 is 1.46. The van der Waals surface area contributed by atoms with E-state index in [1.165, 1.54) is 15.6 Å². The quantitative estimate of drug-likeness (QED) is 0.906. The highest BCUT2D eigenvalue weighted by Gasteiger charge is 2.27. The Morgan fingerprint density at radius 1 is 1.47 bits per heavy atom. The molecule has 0 aromatic carbocycles. The Bertz CT molecular complexity index is 558. The topological polar surface area (TPSA) is 66.5 Å². The first-order valence-corrected chi connectivity index (χ1v) is 8.66. The van der Waals surface area contributed by atoms with E-state index in [0.717, 1.165) is 10.4 Å². The first kappa shape index (κ1) is 14.5. The highest BCUT2D eigenvalue weighted by atomic mass is 32.2. The molecule has 1 aromatic rings. The lowest BCUT2D eigenvalue weighted by Crippen LogP contribution is -2.35. The molecule has 0 bridgehead atoms. The lowest BCUT2D eigenvalue weighted by atomic mass is 10.3. The average Bonchev–Trinajstić information content (AvgIpc) is 2.83. The molecule has 2 heterocycles. The molecule has 106 valence electrons. The second kappa shape index (κ2) is 5.60. The fraction of sp³-hybridized carbons (Fsp3) is 0.583. The number of sulfonamides is 1. The minimum atomic E-state index is -3.07. The number of thiophene rings is 1. The molecule has 19 heavy (non-hydrogen) atoms. The molecule has 1 aliphatic rings. The minimum absolute atomic E-state index is 0.127. The molecule has 0 radical (unpaired) electrons. The fourth-order valence-electron chi connectivity index (χ4n) is 2.01. The van der Waals surface area contributed by atoms with Gasteiger partial charge in [0.05, 0.1) is 10.6 Å². The Labute approximate surface area is 117 Å². The van der Waals surface area contributed by atoms with E-state index >= 15 is 0 Å². The molecule has 1 N–H and O–H groups in total. The smallest absolute Gasteiger partial charge is 0.261 e. The van der Waals surface area contributed by atoms with Gasteiger partial charge in [0, 0.05) is 24.5 Å². The number of nitrogens with one attached hydrogen (secondary N) is 1. The van der Waals surface area contributed by atoms with Crippen LogP contribution in [0.1, 0.15) is 26.5 Å². The number of rotatable bonds is 4. The molecule has 0 aliphatic carbocycles. The second-order valence-corrected chi connectivity index (χ2v) is 8.02. The van der Waals surface area contributed by atoms with Crippen LogP contribution in [0.15, 0.2) is 6.07 Å². The number of hydrogen-bond acceptors (Lipinski definition) is 4. The van der Waals surface area contributed by atoms with E-state index in [4.69, 9.17) is 0 Å². The van der Waals surface area contributed by atoms with Crippen LogP contribution in [0.2, 0.25) is 0 Å². The van der Waals surface area contributed by atoms with E-state index in [2.05, 4.69) is 5.32 Å². The van der Waals surface area contributed by atoms with Crippen molar-refractivity contribution in [2.45, 2.75) is 20.3 Å². The summed E-state index contributed by atoms with van der Waals surface area (Å²) in [7, 11) is -3.07. The van der Waals surface area contributed by atoms with Crippen LogP contribution >= 0.6 is 11.3 Å². The lowest BCUT2D eigenvalue weighted by Gasteiger charge is -2.14. The minimum Gasteiger partial charge on any atom is -0.350 e. The zero-order valence-corrected chi connectivity index (χ0v) is 12.7. The van der Waals surface area contributed by atoms with Crippen molar-refractivity contribution in [1.29, 1.82) is 0 Å². The molecule has 1 fully saturated rings. The molecule has 0 atom stereocenters. The largest absolute Gasteiger partial charge is 0.350 e. The predicted octanol–water partition coefficient (Wildman–Crippen LogP) is 1.13. The van der Waals surface area contributed by atoms with Crippen LogP contribution in [-0.4, -0.2) is 44.0 Å². The van der Waals surface area contributed by atoms with Gasteiger partial charge in [-0.2, -0.15) is 0 Å². The van der Waals surface area contributed by atoms with Crippen molar-refractivity contribution in [2.75, 3.05) is 25.4 Å². The third-order valence-electron chi connectivity index (χ3n) is 3.24. The Balaban J connectivity index is 1.84. The van der Waals surface area contributed by atoms with Crippen LogP contribution in [-0.2, 0) is 10.0 Å². The van der Waals surface area contributed by atoms with Crippen molar-refractivity contribution in [3.8, 4) is 0 Å². The summed E-state index contributed by atoms with van der Waals surface area (Å²) in [5.74, 6) is 0.0994. The molecule has 0 spiro atoms. The Morgan fingerprint density at radius 3 is 2.74 bits per heavy atom. The zero-order valence-electron chi connectivity index (χ0n) is 11.1. The lowest BCUT2D eigenvalue weighted by molar-refractivity contribution is 0.0956. The molecule has 1 saturated heterocycles. The molecule has 5 nitrogen and oxygen atoms in total. The number of amides is 1. The molecule has 7 heteroatoms. The summed E-state index contributed by atoms with van der Waals surface area (Å²) < 4.78 is 24.6. The summed E-state index contributed by atoms with van der Waals surface area (Å²) in [5, 5.41) is 2.77. The molecular weight excluding hydrogens is 284 g/mol. The third-order valence-corrected chi connectivity index (χ3v) is 6.35. The van der Waals surface area contributed by atoms with Crippen molar-refractivity contribution in [1.82, 2.24) is 9.62 Å². The molecule has 1 aliphatic heterocycles. The van der Waals surface area contributed by atoms with Crippen LogP contribution in [0.25, 0.3) is 0 Å². The Kier molecular flexibility index (Phi) is 4.27. The van der Waals surface area contributed by atoms with Gasteiger partial charge in [0.2, 0.25) is 10.0 Å². The molecule has 1 aromatic heterocycles. The van der Waals surface area contributed by atoms with Crippen LogP contribution in [0.5, 0.6) is 0 Å². The van der Waals surface area contributed by atoms with Gasteiger partial charge in [-0.15, -0.1) is 11.3 Å². The van der Waals surface area contributed by atoms with Gasteiger partial charge in [-0.25, -0.2) is 12.7 Å². The molecule has 1 amide bonds. The van der Waals surface area contributed by atoms with E-state index in [0.29, 0.717) is 30.9 Å². The van der Waals surface area contributed by atoms with Crippen molar-refractivity contribution < 1.29 is 13.2 Å². The number of hydrogen-bond donors (Lipinski definition) is 1. The van der Waals surface area contributed by atoms with Gasteiger partial charge in [-0.05, 0) is 31.9 Å². The van der Waals surface area contributed by atoms with Gasteiger partial charge in [0.15, 0.2) is 0 Å². The van der Waals surface area contributed by atoms with Gasteiger partial charge in [0.25, 0.3) is 5.91 Å². The number of carbonyl (C=O) groups excluding carboxylic acids is 1. The summed E-state index contributed by atoms with van der Waals surface area (Å²) in [5.41, 5.74) is 1.11. The highest BCUT2D eigenvalue weighted by molar-refractivity contribution is 7.89. The normalized spacial score (nSPS) is 18.6. The second-order valence-electron chi connectivity index (χ2n) is 4.67. The van der Waals surface area contributed by atoms with E-state index in [9.17, 15) is 13.2 Å². The average molecular weight is 302 g/mol. The zero-order chi connectivity index (χ0) is 14.0. The van der Waals surface area contributed by atoms with Crippen molar-refractivity contribution in [2.24, 2.45) is 0 Å². The van der Waals surface area contributed by atoms with E-state index in [1.54, 1.807) is 0 Å². The SMILES string of the molecule is Cc1cc(C(=O)NCCN2CCCS2(=O)=O)sc1C. The first-order chi connectivity index (χ1) is 8.90. The van der Waals surface area contributed by atoms with Gasteiger partial charge in [0.1, 0.15) is 0 Å². The Morgan fingerprint density at radius 2 is 2.21 bits per heavy atom. The van der Waals surface area contributed by atoms with Gasteiger partial charge in [-0.3, -0.25) is 4.79 Å². The third kappa shape index (κ3) is 3.34. The monoisotopic (exact) mass is 302 g/mol. The summed E-state index contributed by atoms with van der Waals surface area (Å²) in [6, 6.07) is 1.86. The van der Waals surface area contributed by atoms with E-state index in [1.807, 2.05) is 19.9 Å². The van der Waals surface area contributed by atoms with Crippen LogP contribution < -0.4 is 5.32 Å². The summed E-state index contributed by atoms with van der Waals surface area (Å²) in [6.07, 6.45) is 0.680. The maximum absolute atomic E-state index is 11.9. The highest BCUT2D eigenvalue weighted by Crippen LogP contribution is 2.20. The van der Waals surface area contributed by atoms with Crippen molar-refractivity contribution >= 4 is 27.3 Å². The van der Waals surface area contributed by atoms with Crippen molar-refractivity contribution in [3.05, 3.63) is 21.4 Å². The predicted molar refractivity (Wildman–Crippen MR) is 76.1 cm³/mol. The number of aryl methyl sites for hydroxylation is 2. The maximum atomic E-state index is 11.9. The van der Waals surface area contributed by atoms with Gasteiger partial charge < -0.3 is 5.32 Å². The number of carbonyl (C=O) groups is 1. The van der Waals surface area contributed by atoms with Crippen LogP contribution in [0, 0.1) is 13.8 Å². The maximum Gasteiger partial charge on any atom is 0.261 e. The summed E-state index contributed by atoms with van der Waals surface area (Å²) in [4.78, 5) is 13.7. The van der Waals surface area contributed by atoms with Crippen molar-refractivity contribution in [3.63, 3.8) is 0 Å². The summed E-state index contributed by atoms with van der Waals surface area (Å²) in [6.45, 7) is 5.23. The molecule has 0 unspecified atom stereocenters. The molecule has 2 rings (SSSR count). The standard InChI is InChI=1S/C12H18N2O3S2/c1-9-8-11(18-10(9)2)12(15)13-4-6-14-5-3-7-19(14,16)17/h8H,3-7H2,1-2H3,(H,13,15). The molecule has 0 saturated carbocycles.